The summed E-state index contributed by atoms with van der Waals surface area (Å²) in [5.41, 5.74) is -0.323. The molecule has 0 aromatic heterocycles. The number of alkyl halides is 1. The number of halogens is 1. The molecule has 1 aliphatic rings. The summed E-state index contributed by atoms with van der Waals surface area (Å²) in [7, 11) is 1.60. The molecule has 3 nitrogen and oxygen atoms in total. The van der Waals surface area contributed by atoms with Crippen molar-refractivity contribution in [3.8, 4) is 17.9 Å². The molecule has 0 radical (unpaired) electrons. The minimum Gasteiger partial charge on any atom is -0.497 e. The minimum absolute atomic E-state index is 0.315. The summed E-state index contributed by atoms with van der Waals surface area (Å²) < 4.78 is 5.11. The van der Waals surface area contributed by atoms with Gasteiger partial charge >= 0.3 is 0 Å². The van der Waals surface area contributed by atoms with Crippen molar-refractivity contribution in [1.29, 1.82) is 10.5 Å². The van der Waals surface area contributed by atoms with Gasteiger partial charge in [0.05, 0.1) is 24.6 Å². The van der Waals surface area contributed by atoms with Crippen molar-refractivity contribution in [2.75, 3.05) is 7.11 Å². The molecule has 0 saturated heterocycles. The number of hydrogen-bond acceptors (Lipinski definition) is 3. The number of benzene rings is 1. The Bertz CT molecular complexity index is 551. The highest BCUT2D eigenvalue weighted by atomic mass is 35.5. The molecule has 96 valence electrons. The lowest BCUT2D eigenvalue weighted by molar-refractivity contribution is 0.411. The molecule has 0 spiro atoms. The molecule has 0 N–H and O–H groups in total. The van der Waals surface area contributed by atoms with Gasteiger partial charge in [0.2, 0.25) is 0 Å². The normalized spacial score (nSPS) is 24.2. The summed E-state index contributed by atoms with van der Waals surface area (Å²) >= 11 is 6.22. The van der Waals surface area contributed by atoms with Gasteiger partial charge in [0.1, 0.15) is 5.75 Å². The van der Waals surface area contributed by atoms with Gasteiger partial charge in [-0.1, -0.05) is 24.3 Å². The van der Waals surface area contributed by atoms with Crippen molar-refractivity contribution >= 4 is 11.6 Å². The van der Waals surface area contributed by atoms with E-state index in [0.29, 0.717) is 6.42 Å². The molecule has 0 heterocycles. The average Bonchev–Trinajstić information content (AvgIpc) is 2.47. The summed E-state index contributed by atoms with van der Waals surface area (Å²) in [6.07, 6.45) is 4.36. The average molecular weight is 273 g/mol. The quantitative estimate of drug-likeness (QED) is 0.612. The van der Waals surface area contributed by atoms with E-state index in [1.165, 1.54) is 0 Å². The van der Waals surface area contributed by atoms with Crippen LogP contribution in [0.25, 0.3) is 0 Å². The maximum Gasteiger partial charge on any atom is 0.170 e. The van der Waals surface area contributed by atoms with Crippen LogP contribution in [0.3, 0.4) is 0 Å². The van der Waals surface area contributed by atoms with Crippen molar-refractivity contribution in [1.82, 2.24) is 0 Å². The maximum absolute atomic E-state index is 9.43. The Morgan fingerprint density at radius 1 is 1.26 bits per heavy atom. The monoisotopic (exact) mass is 272 g/mol. The van der Waals surface area contributed by atoms with E-state index >= 15 is 0 Å². The molecule has 2 unspecified atom stereocenters. The van der Waals surface area contributed by atoms with Crippen molar-refractivity contribution in [2.24, 2.45) is 5.41 Å². The zero-order valence-corrected chi connectivity index (χ0v) is 11.3. The fourth-order valence-electron chi connectivity index (χ4n) is 2.36. The second-order valence-corrected chi connectivity index (χ2v) is 5.00. The molecule has 2 atom stereocenters. The van der Waals surface area contributed by atoms with E-state index in [1.54, 1.807) is 7.11 Å². The molecule has 0 saturated carbocycles. The van der Waals surface area contributed by atoms with Gasteiger partial charge in [0.25, 0.3) is 0 Å². The number of nitrogens with zero attached hydrogens (tertiary/aromatic N) is 2. The molecule has 1 aromatic rings. The first-order chi connectivity index (χ1) is 9.17. The Morgan fingerprint density at radius 2 is 1.89 bits per heavy atom. The van der Waals surface area contributed by atoms with Gasteiger partial charge < -0.3 is 4.74 Å². The van der Waals surface area contributed by atoms with Crippen LogP contribution in [-0.4, -0.2) is 12.5 Å². The van der Waals surface area contributed by atoms with Crippen LogP contribution in [0.5, 0.6) is 5.75 Å². The second kappa shape index (κ2) is 5.34. The number of hydrogen-bond donors (Lipinski definition) is 0. The van der Waals surface area contributed by atoms with Gasteiger partial charge in [-0.2, -0.15) is 10.5 Å². The highest BCUT2D eigenvalue weighted by Gasteiger charge is 2.47. The summed E-state index contributed by atoms with van der Waals surface area (Å²) in [4.78, 5) is 0. The second-order valence-electron chi connectivity index (χ2n) is 4.47. The van der Waals surface area contributed by atoms with Gasteiger partial charge in [0.15, 0.2) is 5.41 Å². The molecule has 1 aromatic carbocycles. The van der Waals surface area contributed by atoms with Crippen LogP contribution in [0, 0.1) is 28.1 Å². The molecule has 2 rings (SSSR count). The van der Waals surface area contributed by atoms with Crippen molar-refractivity contribution in [3.05, 3.63) is 42.0 Å². The summed E-state index contributed by atoms with van der Waals surface area (Å²) in [5, 5.41) is 18.4. The molecular weight excluding hydrogens is 260 g/mol. The van der Waals surface area contributed by atoms with E-state index in [2.05, 4.69) is 12.1 Å². The maximum atomic E-state index is 9.43. The van der Waals surface area contributed by atoms with E-state index in [-0.39, 0.29) is 5.92 Å². The van der Waals surface area contributed by atoms with Crippen LogP contribution in [0.1, 0.15) is 17.9 Å². The molecule has 19 heavy (non-hydrogen) atoms. The van der Waals surface area contributed by atoms with Gasteiger partial charge in [-0.15, -0.1) is 11.6 Å². The molecular formula is C15H13ClN2O. The lowest BCUT2D eigenvalue weighted by Crippen LogP contribution is -2.36. The number of allylic oxidation sites excluding steroid dienone is 2. The van der Waals surface area contributed by atoms with E-state index in [0.717, 1.165) is 11.3 Å². The third-order valence-corrected chi connectivity index (χ3v) is 4.02. The van der Waals surface area contributed by atoms with Crippen molar-refractivity contribution in [3.63, 3.8) is 0 Å². The van der Waals surface area contributed by atoms with Crippen LogP contribution in [0.15, 0.2) is 36.4 Å². The number of methoxy groups -OCH3 is 1. The van der Waals surface area contributed by atoms with Gasteiger partial charge in [-0.3, -0.25) is 0 Å². The van der Waals surface area contributed by atoms with Crippen LogP contribution >= 0.6 is 11.6 Å². The zero-order valence-electron chi connectivity index (χ0n) is 10.5. The van der Waals surface area contributed by atoms with E-state index in [9.17, 15) is 10.5 Å². The van der Waals surface area contributed by atoms with Gasteiger partial charge in [-0.25, -0.2) is 0 Å². The van der Waals surface area contributed by atoms with E-state index < -0.39 is 10.8 Å². The van der Waals surface area contributed by atoms with Crippen LogP contribution in [-0.2, 0) is 0 Å². The fraction of sp³-hybridized carbons (Fsp3) is 0.333. The predicted octanol–water partition coefficient (Wildman–Crippen LogP) is 3.38. The number of nitriles is 2. The Kier molecular flexibility index (Phi) is 3.79. The topological polar surface area (TPSA) is 56.8 Å². The Balaban J connectivity index is 2.46. The molecule has 4 heteroatoms. The van der Waals surface area contributed by atoms with Gasteiger partial charge in [0, 0.05) is 5.92 Å². The fourth-order valence-corrected chi connectivity index (χ4v) is 2.69. The summed E-state index contributed by atoms with van der Waals surface area (Å²) in [6, 6.07) is 11.6. The standard InChI is InChI=1S/C15H13ClN2O/c1-19-12-7-5-11(6-8-12)13-3-2-4-14(16)15(13,9-17)10-18/h2-3,5-8,13-14H,4H2,1H3. The summed E-state index contributed by atoms with van der Waals surface area (Å²) in [5.74, 6) is 0.426. The first kappa shape index (κ1) is 13.5. The highest BCUT2D eigenvalue weighted by molar-refractivity contribution is 6.21. The lowest BCUT2D eigenvalue weighted by Gasteiger charge is -2.33. The van der Waals surface area contributed by atoms with Crippen LogP contribution in [0.2, 0.25) is 0 Å². The Hall–Kier alpha value is -1.97. The van der Waals surface area contributed by atoms with Crippen LogP contribution < -0.4 is 4.74 Å². The number of rotatable bonds is 2. The predicted molar refractivity (Wildman–Crippen MR) is 72.8 cm³/mol. The van der Waals surface area contributed by atoms with E-state index in [4.69, 9.17) is 16.3 Å². The molecule has 0 fully saturated rings. The van der Waals surface area contributed by atoms with Crippen molar-refractivity contribution in [2.45, 2.75) is 17.7 Å². The van der Waals surface area contributed by atoms with Gasteiger partial charge in [-0.05, 0) is 24.1 Å². The zero-order chi connectivity index (χ0) is 13.9. The summed E-state index contributed by atoms with van der Waals surface area (Å²) in [6.45, 7) is 0. The molecule has 0 bridgehead atoms. The first-order valence-electron chi connectivity index (χ1n) is 5.95. The lowest BCUT2D eigenvalue weighted by atomic mass is 9.68. The Labute approximate surface area is 117 Å². The Morgan fingerprint density at radius 3 is 2.42 bits per heavy atom. The SMILES string of the molecule is COc1ccc(C2C=CCC(Cl)C2(C#N)C#N)cc1. The molecule has 0 aliphatic heterocycles. The first-order valence-corrected chi connectivity index (χ1v) is 6.38. The molecule has 0 amide bonds. The highest BCUT2D eigenvalue weighted by Crippen LogP contribution is 2.46. The van der Waals surface area contributed by atoms with Crippen LogP contribution in [0.4, 0.5) is 0 Å². The third-order valence-electron chi connectivity index (χ3n) is 3.50. The van der Waals surface area contributed by atoms with E-state index in [1.807, 2.05) is 36.4 Å². The minimum atomic E-state index is -1.22. The third kappa shape index (κ3) is 2.18. The van der Waals surface area contributed by atoms with Crippen molar-refractivity contribution < 1.29 is 4.74 Å². The smallest absolute Gasteiger partial charge is 0.170 e. The molecule has 1 aliphatic carbocycles. The largest absolute Gasteiger partial charge is 0.497 e. The number of ether oxygens (including phenoxy) is 1.